The molecule has 1 atom stereocenters. The first-order valence-corrected chi connectivity index (χ1v) is 7.07. The van der Waals surface area contributed by atoms with Crippen LogP contribution in [0.3, 0.4) is 0 Å². The van der Waals surface area contributed by atoms with Crippen molar-refractivity contribution in [3.8, 4) is 11.8 Å². The van der Waals surface area contributed by atoms with Gasteiger partial charge in [-0.2, -0.15) is 5.26 Å². The van der Waals surface area contributed by atoms with E-state index in [9.17, 15) is 5.11 Å². The molecular weight excluding hydrogens is 262 g/mol. The molecule has 2 aromatic rings. The predicted molar refractivity (Wildman–Crippen MR) is 81.9 cm³/mol. The highest BCUT2D eigenvalue weighted by Crippen LogP contribution is 2.17. The third-order valence-electron chi connectivity index (χ3n) is 3.31. The highest BCUT2D eigenvalue weighted by Gasteiger charge is 2.03. The summed E-state index contributed by atoms with van der Waals surface area (Å²) in [4.78, 5) is 0. The van der Waals surface area contributed by atoms with Crippen molar-refractivity contribution in [2.45, 2.75) is 32.5 Å². The normalized spacial score (nSPS) is 11.7. The fourth-order valence-electron chi connectivity index (χ4n) is 2.04. The van der Waals surface area contributed by atoms with E-state index in [0.717, 1.165) is 24.2 Å². The van der Waals surface area contributed by atoms with E-state index < -0.39 is 0 Å². The van der Waals surface area contributed by atoms with Gasteiger partial charge in [0.2, 0.25) is 0 Å². The van der Waals surface area contributed by atoms with Crippen molar-refractivity contribution in [2.24, 2.45) is 0 Å². The van der Waals surface area contributed by atoms with Gasteiger partial charge in [0.15, 0.2) is 0 Å². The molecule has 1 unspecified atom stereocenters. The molecule has 0 amide bonds. The standard InChI is InChI=1S/C18H19NO2/c1-14(20)6-7-15-8-10-18(11-9-15)21-13-17-5-3-2-4-16(17)12-19/h2-5,8-11,14,20H,6-7,13H2,1H3. The molecule has 2 aromatic carbocycles. The minimum absolute atomic E-state index is 0.275. The van der Waals surface area contributed by atoms with Gasteiger partial charge in [-0.25, -0.2) is 0 Å². The smallest absolute Gasteiger partial charge is 0.119 e. The number of benzene rings is 2. The van der Waals surface area contributed by atoms with Crippen LogP contribution in [0, 0.1) is 11.3 Å². The van der Waals surface area contributed by atoms with Crippen LogP contribution in [0.5, 0.6) is 5.75 Å². The number of nitriles is 1. The maximum absolute atomic E-state index is 9.28. The van der Waals surface area contributed by atoms with Crippen molar-refractivity contribution in [2.75, 3.05) is 0 Å². The first-order chi connectivity index (χ1) is 10.2. The SMILES string of the molecule is CC(O)CCc1ccc(OCc2ccccc2C#N)cc1. The Balaban J connectivity index is 1.93. The first kappa shape index (κ1) is 15.1. The summed E-state index contributed by atoms with van der Waals surface area (Å²) in [6, 6.07) is 17.5. The summed E-state index contributed by atoms with van der Waals surface area (Å²) < 4.78 is 5.71. The van der Waals surface area contributed by atoms with Crippen LogP contribution in [-0.4, -0.2) is 11.2 Å². The van der Waals surface area contributed by atoms with Gasteiger partial charge in [-0.05, 0) is 43.5 Å². The number of hydrogen-bond donors (Lipinski definition) is 1. The Labute approximate surface area is 125 Å². The molecule has 0 radical (unpaired) electrons. The lowest BCUT2D eigenvalue weighted by Crippen LogP contribution is -2.01. The van der Waals surface area contributed by atoms with Crippen LogP contribution in [0.4, 0.5) is 0 Å². The van der Waals surface area contributed by atoms with Gasteiger partial charge in [0.25, 0.3) is 0 Å². The first-order valence-electron chi connectivity index (χ1n) is 7.07. The molecule has 0 aliphatic carbocycles. The molecule has 3 nitrogen and oxygen atoms in total. The maximum atomic E-state index is 9.28. The summed E-state index contributed by atoms with van der Waals surface area (Å²) in [7, 11) is 0. The lowest BCUT2D eigenvalue weighted by Gasteiger charge is -2.09. The molecule has 0 spiro atoms. The van der Waals surface area contributed by atoms with Gasteiger partial charge in [-0.1, -0.05) is 30.3 Å². The van der Waals surface area contributed by atoms with E-state index in [2.05, 4.69) is 6.07 Å². The number of rotatable bonds is 6. The average molecular weight is 281 g/mol. The summed E-state index contributed by atoms with van der Waals surface area (Å²) in [5.41, 5.74) is 2.71. The Kier molecular flexibility index (Phi) is 5.36. The van der Waals surface area contributed by atoms with Crippen LogP contribution in [0.1, 0.15) is 30.0 Å². The van der Waals surface area contributed by atoms with E-state index in [0.29, 0.717) is 12.2 Å². The molecule has 21 heavy (non-hydrogen) atoms. The topological polar surface area (TPSA) is 53.2 Å². The second kappa shape index (κ2) is 7.47. The second-order valence-corrected chi connectivity index (χ2v) is 5.09. The summed E-state index contributed by atoms with van der Waals surface area (Å²) in [6.07, 6.45) is 1.34. The molecule has 108 valence electrons. The van der Waals surface area contributed by atoms with E-state index in [1.165, 1.54) is 5.56 Å². The van der Waals surface area contributed by atoms with Crippen molar-refractivity contribution < 1.29 is 9.84 Å². The van der Waals surface area contributed by atoms with Crippen molar-refractivity contribution in [1.82, 2.24) is 0 Å². The number of aryl methyl sites for hydroxylation is 1. The van der Waals surface area contributed by atoms with Crippen molar-refractivity contribution in [1.29, 1.82) is 5.26 Å². The van der Waals surface area contributed by atoms with Gasteiger partial charge in [0.1, 0.15) is 12.4 Å². The molecule has 2 rings (SSSR count). The monoisotopic (exact) mass is 281 g/mol. The second-order valence-electron chi connectivity index (χ2n) is 5.09. The number of ether oxygens (including phenoxy) is 1. The third kappa shape index (κ3) is 4.62. The zero-order valence-corrected chi connectivity index (χ0v) is 12.1. The molecule has 0 aliphatic heterocycles. The largest absolute Gasteiger partial charge is 0.489 e. The molecule has 0 heterocycles. The maximum Gasteiger partial charge on any atom is 0.119 e. The van der Waals surface area contributed by atoms with Gasteiger partial charge in [0, 0.05) is 5.56 Å². The minimum atomic E-state index is -0.275. The lowest BCUT2D eigenvalue weighted by atomic mass is 10.1. The van der Waals surface area contributed by atoms with E-state index in [1.807, 2.05) is 42.5 Å². The Morgan fingerprint density at radius 1 is 1.14 bits per heavy atom. The highest BCUT2D eigenvalue weighted by molar-refractivity contribution is 5.37. The van der Waals surface area contributed by atoms with Gasteiger partial charge < -0.3 is 9.84 Å². The summed E-state index contributed by atoms with van der Waals surface area (Å²) in [5.74, 6) is 0.781. The van der Waals surface area contributed by atoms with Crippen LogP contribution in [0.25, 0.3) is 0 Å². The Bertz CT molecular complexity index is 612. The molecule has 0 saturated carbocycles. The van der Waals surface area contributed by atoms with Gasteiger partial charge >= 0.3 is 0 Å². The van der Waals surface area contributed by atoms with E-state index in [-0.39, 0.29) is 6.10 Å². The molecule has 1 N–H and O–H groups in total. The zero-order chi connectivity index (χ0) is 15.1. The fourth-order valence-corrected chi connectivity index (χ4v) is 2.04. The van der Waals surface area contributed by atoms with Gasteiger partial charge in [-0.15, -0.1) is 0 Å². The molecule has 0 aromatic heterocycles. The number of aliphatic hydroxyl groups excluding tert-OH is 1. The zero-order valence-electron chi connectivity index (χ0n) is 12.1. The van der Waals surface area contributed by atoms with Crippen LogP contribution in [0.15, 0.2) is 48.5 Å². The predicted octanol–water partition coefficient (Wildman–Crippen LogP) is 3.45. The minimum Gasteiger partial charge on any atom is -0.489 e. The molecule has 0 bridgehead atoms. The van der Waals surface area contributed by atoms with E-state index in [4.69, 9.17) is 10.00 Å². The average Bonchev–Trinajstić information content (AvgIpc) is 2.52. The van der Waals surface area contributed by atoms with E-state index >= 15 is 0 Å². The van der Waals surface area contributed by atoms with Crippen LogP contribution >= 0.6 is 0 Å². The van der Waals surface area contributed by atoms with E-state index in [1.54, 1.807) is 13.0 Å². The van der Waals surface area contributed by atoms with Crippen LogP contribution in [-0.2, 0) is 13.0 Å². The van der Waals surface area contributed by atoms with Crippen molar-refractivity contribution in [3.63, 3.8) is 0 Å². The lowest BCUT2D eigenvalue weighted by molar-refractivity contribution is 0.185. The Morgan fingerprint density at radius 3 is 2.52 bits per heavy atom. The molecular formula is C18H19NO2. The number of aliphatic hydroxyl groups is 1. The summed E-state index contributed by atoms with van der Waals surface area (Å²) in [6.45, 7) is 2.18. The summed E-state index contributed by atoms with van der Waals surface area (Å²) in [5, 5.41) is 18.3. The Hall–Kier alpha value is -2.31. The molecule has 3 heteroatoms. The van der Waals surface area contributed by atoms with Crippen LogP contribution < -0.4 is 4.74 Å². The van der Waals surface area contributed by atoms with Crippen LogP contribution in [0.2, 0.25) is 0 Å². The quantitative estimate of drug-likeness (QED) is 0.882. The van der Waals surface area contributed by atoms with Crippen molar-refractivity contribution >= 4 is 0 Å². The summed E-state index contributed by atoms with van der Waals surface area (Å²) >= 11 is 0. The molecule has 0 saturated heterocycles. The number of hydrogen-bond acceptors (Lipinski definition) is 3. The third-order valence-corrected chi connectivity index (χ3v) is 3.31. The highest BCUT2D eigenvalue weighted by atomic mass is 16.5. The van der Waals surface area contributed by atoms with Crippen molar-refractivity contribution in [3.05, 3.63) is 65.2 Å². The number of nitrogens with zero attached hydrogens (tertiary/aromatic N) is 1. The van der Waals surface area contributed by atoms with Gasteiger partial charge in [-0.3, -0.25) is 0 Å². The fraction of sp³-hybridized carbons (Fsp3) is 0.278. The molecule has 0 aliphatic rings. The Morgan fingerprint density at radius 2 is 1.86 bits per heavy atom. The van der Waals surface area contributed by atoms with Gasteiger partial charge in [0.05, 0.1) is 17.7 Å². The molecule has 0 fully saturated rings.